The summed E-state index contributed by atoms with van der Waals surface area (Å²) in [5.41, 5.74) is 5.51. The van der Waals surface area contributed by atoms with E-state index in [0.717, 1.165) is 64.1 Å². The zero-order chi connectivity index (χ0) is 31.4. The van der Waals surface area contributed by atoms with Crippen molar-refractivity contribution in [3.05, 3.63) is 88.6 Å². The molecule has 1 aromatic rings. The van der Waals surface area contributed by atoms with Gasteiger partial charge >= 0.3 is 6.18 Å². The highest BCUT2D eigenvalue weighted by Crippen LogP contribution is 2.44. The Balaban J connectivity index is 1.36. The van der Waals surface area contributed by atoms with Gasteiger partial charge in [0.1, 0.15) is 22.8 Å². The van der Waals surface area contributed by atoms with Crippen LogP contribution in [0.3, 0.4) is 0 Å². The van der Waals surface area contributed by atoms with Crippen molar-refractivity contribution in [1.29, 1.82) is 0 Å². The van der Waals surface area contributed by atoms with Gasteiger partial charge in [0.15, 0.2) is 0 Å². The van der Waals surface area contributed by atoms with Crippen molar-refractivity contribution in [3.63, 3.8) is 0 Å². The molecule has 2 unspecified atom stereocenters. The van der Waals surface area contributed by atoms with Gasteiger partial charge in [-0.1, -0.05) is 24.8 Å². The predicted octanol–water partition coefficient (Wildman–Crippen LogP) is 6.98. The summed E-state index contributed by atoms with van der Waals surface area (Å²) in [4.78, 5) is 17.4. The third-order valence-electron chi connectivity index (χ3n) is 8.00. The summed E-state index contributed by atoms with van der Waals surface area (Å²) >= 11 is 0. The third-order valence-corrected chi connectivity index (χ3v) is 8.00. The number of rotatable bonds is 12. The van der Waals surface area contributed by atoms with E-state index < -0.39 is 17.4 Å². The van der Waals surface area contributed by atoms with Crippen LogP contribution in [0.4, 0.5) is 17.6 Å². The van der Waals surface area contributed by atoms with Crippen LogP contribution >= 0.6 is 0 Å². The van der Waals surface area contributed by atoms with Crippen LogP contribution in [-0.2, 0) is 16.0 Å². The number of carbonyl (C=O) groups excluding carboxylic acids is 1. The van der Waals surface area contributed by atoms with Gasteiger partial charge in [0, 0.05) is 43.3 Å². The number of halogens is 4. The number of nitrogens with one attached hydrogen (secondary N) is 2. The number of Topliss-reactive ketones (excluding diaryl/α,β-unsaturated/α-hetero) is 1. The van der Waals surface area contributed by atoms with Gasteiger partial charge in [0.25, 0.3) is 0 Å². The van der Waals surface area contributed by atoms with Gasteiger partial charge in [-0.3, -0.25) is 4.79 Å². The molecule has 6 nitrogen and oxygen atoms in total. The molecule has 0 saturated carbocycles. The van der Waals surface area contributed by atoms with Crippen LogP contribution in [0.2, 0.25) is 0 Å². The molecule has 0 saturated heterocycles. The minimum atomic E-state index is -4.55. The number of fused-ring (bicyclic) bond motifs is 1. The first-order valence-corrected chi connectivity index (χ1v) is 14.3. The van der Waals surface area contributed by atoms with Crippen molar-refractivity contribution >= 4 is 23.4 Å². The first kappa shape index (κ1) is 32.0. The number of nitrogens with zero attached hydrogens (tertiary/aromatic N) is 2. The first-order valence-electron chi connectivity index (χ1n) is 14.3. The van der Waals surface area contributed by atoms with E-state index in [-0.39, 0.29) is 41.6 Å². The van der Waals surface area contributed by atoms with Crippen molar-refractivity contribution in [2.45, 2.75) is 65.1 Å². The highest BCUT2D eigenvalue weighted by atomic mass is 19.4. The molecule has 2 atom stereocenters. The Kier molecular flexibility index (Phi) is 9.77. The van der Waals surface area contributed by atoms with E-state index in [4.69, 9.17) is 9.73 Å². The average Bonchev–Trinajstić information content (AvgIpc) is 3.45. The van der Waals surface area contributed by atoms with Crippen LogP contribution in [0.25, 0.3) is 5.70 Å². The number of aliphatic imine (C=N–C) groups is 1. The summed E-state index contributed by atoms with van der Waals surface area (Å²) < 4.78 is 60.2. The van der Waals surface area contributed by atoms with E-state index in [1.54, 1.807) is 12.3 Å². The smallest absolute Gasteiger partial charge is 0.400 e. The van der Waals surface area contributed by atoms with Crippen molar-refractivity contribution in [1.82, 2.24) is 10.7 Å². The Morgan fingerprint density at radius 1 is 1.26 bits per heavy atom. The van der Waals surface area contributed by atoms with Gasteiger partial charge < -0.3 is 15.5 Å². The van der Waals surface area contributed by atoms with Gasteiger partial charge in [-0.2, -0.15) is 18.3 Å². The van der Waals surface area contributed by atoms with E-state index in [1.165, 1.54) is 17.7 Å². The van der Waals surface area contributed by atoms with Crippen molar-refractivity contribution < 1.29 is 27.1 Å². The lowest BCUT2D eigenvalue weighted by Gasteiger charge is -2.29. The fourth-order valence-electron chi connectivity index (χ4n) is 5.19. The van der Waals surface area contributed by atoms with Gasteiger partial charge in [-0.05, 0) is 80.5 Å². The molecule has 43 heavy (non-hydrogen) atoms. The Morgan fingerprint density at radius 3 is 2.67 bits per heavy atom. The minimum absolute atomic E-state index is 0.0543. The second kappa shape index (κ2) is 13.1. The first-order chi connectivity index (χ1) is 20.3. The zero-order valence-corrected chi connectivity index (χ0v) is 24.9. The third kappa shape index (κ3) is 7.72. The highest BCUT2D eigenvalue weighted by Gasteiger charge is 2.51. The standard InChI is InChI=1S/C33H38F4N4O2/c1-20(12-31(43-5)32(3,4)33(35,36)37)11-26(42)14-24-9-10-25(15-27(24)34)30-19-38-28-16-23(21(2)13-29(28)41-30)8-6-7-22-17-39-40-18-22/h9-10,12-13,15-17,19,22,28,38,40H,1,6-8,11,14,18H2,2-5H3/b31-12-. The SMILES string of the molecule is C=C(/C=C(\OC)C(C)(C)C(F)(F)F)CC(=O)Cc1ccc(C2=CNC3C=C(CCCC4C=NNC4)C(C)=CC3=N2)cc1F. The molecule has 2 aliphatic heterocycles. The van der Waals surface area contributed by atoms with Gasteiger partial charge in [-0.15, -0.1) is 0 Å². The highest BCUT2D eigenvalue weighted by molar-refractivity contribution is 6.06. The number of carbonyl (C=O) groups is 1. The summed E-state index contributed by atoms with van der Waals surface area (Å²) in [6.45, 7) is 8.66. The number of hydrogen-bond donors (Lipinski definition) is 2. The lowest BCUT2D eigenvalue weighted by atomic mass is 9.88. The maximum atomic E-state index is 15.1. The van der Waals surface area contributed by atoms with Crippen LogP contribution in [0.15, 0.2) is 81.8 Å². The van der Waals surface area contributed by atoms with Crippen LogP contribution in [0, 0.1) is 17.2 Å². The normalized spacial score (nSPS) is 20.2. The van der Waals surface area contributed by atoms with E-state index in [2.05, 4.69) is 41.5 Å². The molecule has 3 aliphatic rings. The van der Waals surface area contributed by atoms with E-state index >= 15 is 4.39 Å². The number of alkyl halides is 3. The summed E-state index contributed by atoms with van der Waals surface area (Å²) in [5.74, 6) is -0.813. The molecule has 0 fully saturated rings. The van der Waals surface area contributed by atoms with Crippen molar-refractivity contribution in [2.75, 3.05) is 13.7 Å². The van der Waals surface area contributed by atoms with E-state index in [0.29, 0.717) is 17.2 Å². The molecule has 4 rings (SSSR count). The number of hydrogen-bond acceptors (Lipinski definition) is 6. The molecule has 0 amide bonds. The quantitative estimate of drug-likeness (QED) is 0.155. The molecule has 2 N–H and O–H groups in total. The fourth-order valence-corrected chi connectivity index (χ4v) is 5.19. The number of methoxy groups -OCH3 is 1. The zero-order valence-electron chi connectivity index (χ0n) is 24.9. The lowest BCUT2D eigenvalue weighted by molar-refractivity contribution is -0.208. The summed E-state index contributed by atoms with van der Waals surface area (Å²) in [6.07, 6.45) is 7.25. The molecule has 1 aliphatic carbocycles. The van der Waals surface area contributed by atoms with E-state index in [9.17, 15) is 18.0 Å². The molecule has 0 radical (unpaired) electrons. The lowest BCUT2D eigenvalue weighted by Crippen LogP contribution is -2.35. The van der Waals surface area contributed by atoms with Gasteiger partial charge in [0.05, 0.1) is 24.6 Å². The second-order valence-electron chi connectivity index (χ2n) is 11.7. The van der Waals surface area contributed by atoms with E-state index in [1.807, 2.05) is 6.21 Å². The number of ether oxygens (including phenoxy) is 1. The number of allylic oxidation sites excluding steroid dienone is 5. The average molecular weight is 599 g/mol. The molecule has 0 spiro atoms. The Hall–Kier alpha value is -3.95. The number of benzene rings is 1. The van der Waals surface area contributed by atoms with Crippen molar-refractivity contribution in [3.8, 4) is 0 Å². The second-order valence-corrected chi connectivity index (χ2v) is 11.7. The number of ketones is 1. The Labute approximate surface area is 250 Å². The predicted molar refractivity (Wildman–Crippen MR) is 162 cm³/mol. The summed E-state index contributed by atoms with van der Waals surface area (Å²) in [7, 11) is 1.14. The van der Waals surface area contributed by atoms with Crippen LogP contribution in [0.5, 0.6) is 0 Å². The number of hydrazone groups is 1. The maximum absolute atomic E-state index is 15.1. The van der Waals surface area contributed by atoms with Gasteiger partial charge in [0.2, 0.25) is 0 Å². The van der Waals surface area contributed by atoms with Crippen LogP contribution in [0.1, 0.15) is 57.6 Å². The molecule has 230 valence electrons. The van der Waals surface area contributed by atoms with Gasteiger partial charge in [-0.25, -0.2) is 9.38 Å². The maximum Gasteiger partial charge on any atom is 0.400 e. The Bertz CT molecular complexity index is 1450. The molecular formula is C33H38F4N4O2. The molecular weight excluding hydrogens is 560 g/mol. The molecule has 1 aromatic carbocycles. The van der Waals surface area contributed by atoms with Crippen molar-refractivity contribution in [2.24, 2.45) is 21.4 Å². The Morgan fingerprint density at radius 2 is 2.02 bits per heavy atom. The topological polar surface area (TPSA) is 75.1 Å². The molecule has 0 aromatic heterocycles. The summed E-state index contributed by atoms with van der Waals surface area (Å²) in [5, 5.41) is 7.44. The fraction of sp³-hybridized carbons (Fsp3) is 0.424. The largest absolute Gasteiger partial charge is 0.500 e. The molecule has 0 bridgehead atoms. The summed E-state index contributed by atoms with van der Waals surface area (Å²) in [6, 6.07) is 4.52. The van der Waals surface area contributed by atoms with Crippen LogP contribution < -0.4 is 10.7 Å². The van der Waals surface area contributed by atoms with Crippen LogP contribution in [-0.4, -0.2) is 43.6 Å². The molecule has 2 heterocycles. The monoisotopic (exact) mass is 598 g/mol. The molecule has 10 heteroatoms. The minimum Gasteiger partial charge on any atom is -0.500 e.